The van der Waals surface area contributed by atoms with Crippen molar-refractivity contribution < 1.29 is 19.0 Å². The first-order valence-electron chi connectivity index (χ1n) is 12.5. The summed E-state index contributed by atoms with van der Waals surface area (Å²) in [5.41, 5.74) is 4.66. The Bertz CT molecular complexity index is 1420. The normalized spacial score (nSPS) is 14.1. The van der Waals surface area contributed by atoms with E-state index in [0.717, 1.165) is 52.1 Å². The molecule has 1 aliphatic rings. The Morgan fingerprint density at radius 2 is 1.78 bits per heavy atom. The summed E-state index contributed by atoms with van der Waals surface area (Å²) in [6.07, 6.45) is 0.586. The number of nitrogens with zero attached hydrogens (tertiary/aromatic N) is 1. The van der Waals surface area contributed by atoms with Crippen molar-refractivity contribution >= 4 is 32.9 Å². The Labute approximate surface area is 220 Å². The molecule has 5 nitrogen and oxygen atoms in total. The zero-order valence-corrected chi connectivity index (χ0v) is 22.1. The van der Waals surface area contributed by atoms with Crippen molar-refractivity contribution in [3.05, 3.63) is 81.7 Å². The molecule has 2 N–H and O–H groups in total. The smallest absolute Gasteiger partial charge is 0.207 e. The summed E-state index contributed by atoms with van der Waals surface area (Å²) in [6, 6.07) is 17.2. The molecular formula is C30H31FN2O3S. The second-order valence-corrected chi connectivity index (χ2v) is 10.9. The molecule has 0 radical (unpaired) electrons. The van der Waals surface area contributed by atoms with Gasteiger partial charge in [-0.1, -0.05) is 17.7 Å². The quantitative estimate of drug-likeness (QED) is 0.233. The van der Waals surface area contributed by atoms with Crippen LogP contribution in [0.5, 0.6) is 17.2 Å². The van der Waals surface area contributed by atoms with Crippen LogP contribution in [0, 0.1) is 20.8 Å². The molecule has 4 aromatic rings. The van der Waals surface area contributed by atoms with E-state index in [9.17, 15) is 14.3 Å². The molecule has 0 atom stereocenters. The molecule has 0 aliphatic carbocycles. The first kappa shape index (κ1) is 25.2. The first-order chi connectivity index (χ1) is 17.8. The van der Waals surface area contributed by atoms with Crippen LogP contribution in [0.1, 0.15) is 38.3 Å². The number of likely N-dealkylation sites (tertiary alicyclic amines) is 1. The van der Waals surface area contributed by atoms with Crippen molar-refractivity contribution in [3.8, 4) is 17.2 Å². The Hall–Kier alpha value is -3.42. The highest BCUT2D eigenvalue weighted by molar-refractivity contribution is 7.21. The molecular weight excluding hydrogens is 487 g/mol. The number of nitrogens with one attached hydrogen (secondary N) is 1. The zero-order valence-electron chi connectivity index (χ0n) is 21.3. The van der Waals surface area contributed by atoms with Gasteiger partial charge in [0.1, 0.15) is 16.4 Å². The van der Waals surface area contributed by atoms with E-state index in [4.69, 9.17) is 4.74 Å². The molecule has 0 unspecified atom stereocenters. The van der Waals surface area contributed by atoms with E-state index in [-0.39, 0.29) is 18.2 Å². The molecule has 1 aromatic heterocycles. The maximum absolute atomic E-state index is 13.8. The van der Waals surface area contributed by atoms with Crippen LogP contribution >= 0.6 is 11.3 Å². The number of rotatable bonds is 9. The molecule has 0 spiro atoms. The summed E-state index contributed by atoms with van der Waals surface area (Å²) < 4.78 is 19.5. The van der Waals surface area contributed by atoms with Crippen molar-refractivity contribution in [2.24, 2.45) is 0 Å². The number of alkyl halides is 1. The average molecular weight is 519 g/mol. The van der Waals surface area contributed by atoms with Gasteiger partial charge in [0.05, 0.1) is 12.7 Å². The minimum absolute atomic E-state index is 0.0775. The van der Waals surface area contributed by atoms with E-state index in [1.54, 1.807) is 18.2 Å². The van der Waals surface area contributed by atoms with Gasteiger partial charge < -0.3 is 15.2 Å². The minimum atomic E-state index is -0.270. The number of anilines is 1. The molecule has 0 saturated carbocycles. The Balaban J connectivity index is 1.39. The number of carbonyl (C=O) groups excluding carboxylic acids is 1. The molecule has 0 bridgehead atoms. The maximum Gasteiger partial charge on any atom is 0.207 e. The zero-order chi connectivity index (χ0) is 26.1. The number of aromatic hydroxyl groups is 1. The molecule has 37 heavy (non-hydrogen) atoms. The number of halogens is 1. The standard InChI is InChI=1S/C30H31FN2O3S/c1-18-13-19(2)27(20(3)14-18)28(35)30-29(25-10-7-23(34)15-26(25)37-30)36-24-8-5-21(6-9-24)32-22-16-33(17-22)12-4-11-31/h5-10,13-15,22,32,34H,4,11-12,16-17H2,1-3H3. The van der Waals surface area contributed by atoms with Gasteiger partial charge in [0.25, 0.3) is 0 Å². The van der Waals surface area contributed by atoms with Crippen LogP contribution < -0.4 is 10.1 Å². The molecule has 5 rings (SSSR count). The van der Waals surface area contributed by atoms with Gasteiger partial charge >= 0.3 is 0 Å². The van der Waals surface area contributed by atoms with Gasteiger partial charge in [0, 0.05) is 41.0 Å². The third-order valence-electron chi connectivity index (χ3n) is 6.75. The predicted octanol–water partition coefficient (Wildman–Crippen LogP) is 7.01. The van der Waals surface area contributed by atoms with Crippen molar-refractivity contribution in [2.45, 2.75) is 33.2 Å². The molecule has 192 valence electrons. The van der Waals surface area contributed by atoms with Crippen molar-refractivity contribution in [1.29, 1.82) is 0 Å². The summed E-state index contributed by atoms with van der Waals surface area (Å²) in [6.45, 7) is 8.30. The monoisotopic (exact) mass is 518 g/mol. The fourth-order valence-electron chi connectivity index (χ4n) is 5.06. The fourth-order valence-corrected chi connectivity index (χ4v) is 6.17. The summed E-state index contributed by atoms with van der Waals surface area (Å²) in [5, 5.41) is 14.3. The third-order valence-corrected chi connectivity index (χ3v) is 7.88. The largest absolute Gasteiger partial charge is 0.508 e. The molecule has 2 heterocycles. The van der Waals surface area contributed by atoms with Crippen LogP contribution in [0.2, 0.25) is 0 Å². The first-order valence-corrected chi connectivity index (χ1v) is 13.3. The number of aryl methyl sites for hydroxylation is 3. The second-order valence-electron chi connectivity index (χ2n) is 9.81. The molecule has 1 fully saturated rings. The van der Waals surface area contributed by atoms with Crippen molar-refractivity contribution in [1.82, 2.24) is 4.90 Å². The van der Waals surface area contributed by atoms with Crippen molar-refractivity contribution in [3.63, 3.8) is 0 Å². The number of hydrogen-bond acceptors (Lipinski definition) is 6. The van der Waals surface area contributed by atoms with Crippen LogP contribution in [-0.4, -0.2) is 48.1 Å². The third kappa shape index (κ3) is 5.33. The molecule has 1 saturated heterocycles. The number of ketones is 1. The highest BCUT2D eigenvalue weighted by Gasteiger charge is 2.26. The summed E-state index contributed by atoms with van der Waals surface area (Å²) >= 11 is 1.33. The second kappa shape index (κ2) is 10.5. The fraction of sp³-hybridized carbons (Fsp3) is 0.300. The summed E-state index contributed by atoms with van der Waals surface area (Å²) in [5.74, 6) is 1.21. The van der Waals surface area contributed by atoms with Gasteiger partial charge in [-0.25, -0.2) is 0 Å². The van der Waals surface area contributed by atoms with E-state index < -0.39 is 0 Å². The lowest BCUT2D eigenvalue weighted by molar-refractivity contribution is 0.103. The highest BCUT2D eigenvalue weighted by atomic mass is 32.1. The molecule has 7 heteroatoms. The maximum atomic E-state index is 13.8. The molecule has 0 amide bonds. The predicted molar refractivity (Wildman–Crippen MR) is 149 cm³/mol. The number of carbonyl (C=O) groups is 1. The van der Waals surface area contributed by atoms with Crippen LogP contribution in [0.4, 0.5) is 10.1 Å². The summed E-state index contributed by atoms with van der Waals surface area (Å²) in [7, 11) is 0. The van der Waals surface area contributed by atoms with Gasteiger partial charge in [-0.05, 0) is 80.8 Å². The lowest BCUT2D eigenvalue weighted by Crippen LogP contribution is -2.54. The van der Waals surface area contributed by atoms with Crippen LogP contribution in [0.15, 0.2) is 54.6 Å². The van der Waals surface area contributed by atoms with E-state index in [1.165, 1.54) is 11.3 Å². The number of ether oxygens (including phenoxy) is 1. The number of phenols is 1. The average Bonchev–Trinajstić information content (AvgIpc) is 3.18. The van der Waals surface area contributed by atoms with Crippen LogP contribution in [0.3, 0.4) is 0 Å². The minimum Gasteiger partial charge on any atom is -0.508 e. The molecule has 1 aliphatic heterocycles. The van der Waals surface area contributed by atoms with Gasteiger partial charge in [-0.2, -0.15) is 0 Å². The van der Waals surface area contributed by atoms with Gasteiger partial charge in [-0.3, -0.25) is 14.1 Å². The highest BCUT2D eigenvalue weighted by Crippen LogP contribution is 2.43. The van der Waals surface area contributed by atoms with Gasteiger partial charge in [0.15, 0.2) is 5.75 Å². The van der Waals surface area contributed by atoms with Gasteiger partial charge in [0.2, 0.25) is 5.78 Å². The van der Waals surface area contributed by atoms with Crippen molar-refractivity contribution in [2.75, 3.05) is 31.6 Å². The number of phenolic OH excluding ortho intramolecular Hbond substituents is 1. The number of hydrogen-bond donors (Lipinski definition) is 2. The number of benzene rings is 3. The van der Waals surface area contributed by atoms with Gasteiger partial charge in [-0.15, -0.1) is 11.3 Å². The lowest BCUT2D eigenvalue weighted by atomic mass is 9.95. The molecule has 3 aromatic carbocycles. The van der Waals surface area contributed by atoms with E-state index in [0.29, 0.717) is 34.4 Å². The topological polar surface area (TPSA) is 61.8 Å². The lowest BCUT2D eigenvalue weighted by Gasteiger charge is -2.40. The van der Waals surface area contributed by atoms with Crippen LogP contribution in [-0.2, 0) is 0 Å². The SMILES string of the molecule is Cc1cc(C)c(C(=O)c2sc3cc(O)ccc3c2Oc2ccc(NC3CN(CCCF)C3)cc2)c(C)c1. The Kier molecular flexibility index (Phi) is 7.17. The Morgan fingerprint density at radius 1 is 1.08 bits per heavy atom. The summed E-state index contributed by atoms with van der Waals surface area (Å²) in [4.78, 5) is 16.6. The Morgan fingerprint density at radius 3 is 2.46 bits per heavy atom. The number of thiophene rings is 1. The van der Waals surface area contributed by atoms with E-state index in [2.05, 4.69) is 10.2 Å². The van der Waals surface area contributed by atoms with Crippen LogP contribution in [0.25, 0.3) is 10.1 Å². The van der Waals surface area contributed by atoms with E-state index >= 15 is 0 Å². The number of fused-ring (bicyclic) bond motifs is 1. The van der Waals surface area contributed by atoms with E-state index in [1.807, 2.05) is 57.2 Å².